The quantitative estimate of drug-likeness (QED) is 0.576. The Kier molecular flexibility index (Phi) is 2.54. The first-order chi connectivity index (χ1) is 5.57. The van der Waals surface area contributed by atoms with Crippen LogP contribution in [-0.4, -0.2) is 53.1 Å². The number of aliphatic hydroxyl groups is 1. The normalized spacial score (nSPS) is 30.3. The molecule has 1 rings (SSSR count). The van der Waals surface area contributed by atoms with Gasteiger partial charge in [0.1, 0.15) is 5.60 Å². The molecule has 1 saturated heterocycles. The molecule has 0 bridgehead atoms. The number of ether oxygens (including phenoxy) is 1. The number of carboxylic acid groups (broad SMARTS) is 1. The average Bonchev–Trinajstić information content (AvgIpc) is 2.05. The highest BCUT2D eigenvalue weighted by atomic mass is 16.5. The fourth-order valence-electron chi connectivity index (χ4n) is 1.19. The number of aliphatic hydroxyl groups excluding tert-OH is 1. The maximum absolute atomic E-state index is 10.5. The van der Waals surface area contributed by atoms with Crippen LogP contribution in [0, 0.1) is 0 Å². The second-order valence-electron chi connectivity index (χ2n) is 3.16. The van der Waals surface area contributed by atoms with E-state index in [1.807, 2.05) is 0 Å². The largest absolute Gasteiger partial charge is 0.465 e. The molecule has 5 nitrogen and oxygen atoms in total. The molecule has 1 atom stereocenters. The van der Waals surface area contributed by atoms with Crippen LogP contribution in [0.15, 0.2) is 0 Å². The molecule has 2 N–H and O–H groups in total. The van der Waals surface area contributed by atoms with Crippen LogP contribution in [0.25, 0.3) is 0 Å². The van der Waals surface area contributed by atoms with E-state index in [1.165, 1.54) is 4.90 Å². The van der Waals surface area contributed by atoms with Crippen molar-refractivity contribution in [2.24, 2.45) is 0 Å². The molecule has 0 saturated carbocycles. The van der Waals surface area contributed by atoms with Gasteiger partial charge in [-0.15, -0.1) is 0 Å². The van der Waals surface area contributed by atoms with Crippen molar-refractivity contribution in [1.82, 2.24) is 4.90 Å². The van der Waals surface area contributed by atoms with Crippen molar-refractivity contribution in [3.63, 3.8) is 0 Å². The van der Waals surface area contributed by atoms with Crippen molar-refractivity contribution < 1.29 is 19.7 Å². The molecule has 0 radical (unpaired) electrons. The molecule has 0 aromatic rings. The molecular weight excluding hydrogens is 162 g/mol. The molecular formula is C7H13NO4. The third-order valence-electron chi connectivity index (χ3n) is 1.94. The first kappa shape index (κ1) is 9.28. The maximum Gasteiger partial charge on any atom is 0.407 e. The van der Waals surface area contributed by atoms with Gasteiger partial charge >= 0.3 is 6.09 Å². The molecule has 12 heavy (non-hydrogen) atoms. The SMILES string of the molecule is CC1(CO)CN(C(=O)O)CCO1. The van der Waals surface area contributed by atoms with Crippen molar-refractivity contribution in [3.05, 3.63) is 0 Å². The highest BCUT2D eigenvalue weighted by molar-refractivity contribution is 5.65. The second-order valence-corrected chi connectivity index (χ2v) is 3.16. The van der Waals surface area contributed by atoms with Gasteiger partial charge in [0.2, 0.25) is 0 Å². The lowest BCUT2D eigenvalue weighted by Crippen LogP contribution is -2.53. The molecule has 1 heterocycles. The number of amides is 1. The zero-order valence-electron chi connectivity index (χ0n) is 6.99. The number of morpholine rings is 1. The summed E-state index contributed by atoms with van der Waals surface area (Å²) in [6.45, 7) is 2.51. The Labute approximate surface area is 70.5 Å². The van der Waals surface area contributed by atoms with Gasteiger partial charge in [0, 0.05) is 6.54 Å². The number of nitrogens with zero attached hydrogens (tertiary/aromatic N) is 1. The molecule has 0 aromatic carbocycles. The van der Waals surface area contributed by atoms with E-state index in [2.05, 4.69) is 0 Å². The highest BCUT2D eigenvalue weighted by Gasteiger charge is 2.33. The lowest BCUT2D eigenvalue weighted by atomic mass is 10.1. The van der Waals surface area contributed by atoms with E-state index in [0.29, 0.717) is 13.2 Å². The van der Waals surface area contributed by atoms with E-state index >= 15 is 0 Å². The van der Waals surface area contributed by atoms with E-state index in [4.69, 9.17) is 14.9 Å². The van der Waals surface area contributed by atoms with Gasteiger partial charge in [-0.3, -0.25) is 0 Å². The fraction of sp³-hybridized carbons (Fsp3) is 0.857. The first-order valence-corrected chi connectivity index (χ1v) is 3.80. The highest BCUT2D eigenvalue weighted by Crippen LogP contribution is 2.16. The molecule has 5 heteroatoms. The minimum Gasteiger partial charge on any atom is -0.465 e. The van der Waals surface area contributed by atoms with E-state index in [1.54, 1.807) is 6.92 Å². The Hall–Kier alpha value is -0.810. The topological polar surface area (TPSA) is 70.0 Å². The summed E-state index contributed by atoms with van der Waals surface area (Å²) in [5.41, 5.74) is -0.726. The Morgan fingerprint density at radius 2 is 2.42 bits per heavy atom. The molecule has 1 fully saturated rings. The summed E-state index contributed by atoms with van der Waals surface area (Å²) in [7, 11) is 0. The smallest absolute Gasteiger partial charge is 0.407 e. The van der Waals surface area contributed by atoms with Gasteiger partial charge in [-0.25, -0.2) is 4.79 Å². The van der Waals surface area contributed by atoms with Gasteiger partial charge < -0.3 is 19.8 Å². The van der Waals surface area contributed by atoms with E-state index in [0.717, 1.165) is 0 Å². The molecule has 0 spiro atoms. The first-order valence-electron chi connectivity index (χ1n) is 3.80. The van der Waals surface area contributed by atoms with Crippen LogP contribution in [-0.2, 0) is 4.74 Å². The van der Waals surface area contributed by atoms with Crippen LogP contribution in [0.5, 0.6) is 0 Å². The zero-order valence-corrected chi connectivity index (χ0v) is 6.99. The van der Waals surface area contributed by atoms with Crippen molar-refractivity contribution in [1.29, 1.82) is 0 Å². The van der Waals surface area contributed by atoms with E-state index < -0.39 is 11.7 Å². The van der Waals surface area contributed by atoms with Gasteiger partial charge in [-0.1, -0.05) is 0 Å². The van der Waals surface area contributed by atoms with Gasteiger partial charge in [-0.05, 0) is 6.92 Å². The van der Waals surface area contributed by atoms with Crippen LogP contribution in [0.4, 0.5) is 4.79 Å². The molecule has 0 aromatic heterocycles. The predicted octanol–water partition coefficient (Wildman–Crippen LogP) is -0.252. The van der Waals surface area contributed by atoms with Crippen LogP contribution in [0.1, 0.15) is 6.92 Å². The summed E-state index contributed by atoms with van der Waals surface area (Å²) in [6.07, 6.45) is -0.960. The molecule has 70 valence electrons. The number of hydrogen-bond acceptors (Lipinski definition) is 3. The average molecular weight is 175 g/mol. The summed E-state index contributed by atoms with van der Waals surface area (Å²) in [5.74, 6) is 0. The van der Waals surface area contributed by atoms with Crippen molar-refractivity contribution in [2.45, 2.75) is 12.5 Å². The second kappa shape index (κ2) is 3.28. The molecule has 0 aliphatic carbocycles. The van der Waals surface area contributed by atoms with Gasteiger partial charge in [-0.2, -0.15) is 0 Å². The van der Waals surface area contributed by atoms with Gasteiger partial charge in [0.15, 0.2) is 0 Å². The van der Waals surface area contributed by atoms with Crippen molar-refractivity contribution >= 4 is 6.09 Å². The summed E-state index contributed by atoms with van der Waals surface area (Å²) >= 11 is 0. The summed E-state index contributed by atoms with van der Waals surface area (Å²) < 4.78 is 5.24. The zero-order chi connectivity index (χ0) is 9.19. The third-order valence-corrected chi connectivity index (χ3v) is 1.94. The Bertz CT molecular complexity index is 184. The molecule has 1 amide bonds. The van der Waals surface area contributed by atoms with Crippen LogP contribution in [0.2, 0.25) is 0 Å². The summed E-state index contributed by atoms with van der Waals surface area (Å²) in [6, 6.07) is 0. The van der Waals surface area contributed by atoms with Crippen molar-refractivity contribution in [2.75, 3.05) is 26.3 Å². The van der Waals surface area contributed by atoms with Crippen LogP contribution < -0.4 is 0 Å². The maximum atomic E-state index is 10.5. The fourth-order valence-corrected chi connectivity index (χ4v) is 1.19. The molecule has 1 aliphatic rings. The van der Waals surface area contributed by atoms with Gasteiger partial charge in [0.25, 0.3) is 0 Å². The number of rotatable bonds is 1. The predicted molar refractivity (Wildman–Crippen MR) is 41.0 cm³/mol. The molecule has 1 unspecified atom stereocenters. The minimum absolute atomic E-state index is 0.156. The van der Waals surface area contributed by atoms with Crippen LogP contribution >= 0.6 is 0 Å². The summed E-state index contributed by atoms with van der Waals surface area (Å²) in [4.78, 5) is 11.8. The Balaban J connectivity index is 2.57. The number of carbonyl (C=O) groups is 1. The third kappa shape index (κ3) is 1.86. The number of hydrogen-bond donors (Lipinski definition) is 2. The Morgan fingerprint density at radius 1 is 1.75 bits per heavy atom. The lowest BCUT2D eigenvalue weighted by molar-refractivity contribution is -0.114. The van der Waals surface area contributed by atoms with E-state index in [-0.39, 0.29) is 13.2 Å². The monoisotopic (exact) mass is 175 g/mol. The summed E-state index contributed by atoms with van der Waals surface area (Å²) in [5, 5.41) is 17.6. The molecule has 1 aliphatic heterocycles. The van der Waals surface area contributed by atoms with Crippen LogP contribution in [0.3, 0.4) is 0 Å². The lowest BCUT2D eigenvalue weighted by Gasteiger charge is -2.37. The van der Waals surface area contributed by atoms with Gasteiger partial charge in [0.05, 0.1) is 19.8 Å². The standard InChI is InChI=1S/C7H13NO4/c1-7(5-9)4-8(6(10)11)2-3-12-7/h9H,2-5H2,1H3,(H,10,11). The minimum atomic E-state index is -0.960. The van der Waals surface area contributed by atoms with E-state index in [9.17, 15) is 4.79 Å². The van der Waals surface area contributed by atoms with Crippen molar-refractivity contribution in [3.8, 4) is 0 Å². The Morgan fingerprint density at radius 3 is 2.92 bits per heavy atom.